The van der Waals surface area contributed by atoms with E-state index in [2.05, 4.69) is 0 Å². The third-order valence-corrected chi connectivity index (χ3v) is 6.79. The van der Waals surface area contributed by atoms with Crippen molar-refractivity contribution in [1.29, 1.82) is 0 Å². The Morgan fingerprint density at radius 2 is 1.89 bits per heavy atom. The predicted molar refractivity (Wildman–Crippen MR) is 97.1 cm³/mol. The molecule has 3 rings (SSSR count). The highest BCUT2D eigenvalue weighted by Gasteiger charge is 2.56. The lowest BCUT2D eigenvalue weighted by molar-refractivity contribution is -0.242. The minimum absolute atomic E-state index is 0. The molecule has 28 heavy (non-hydrogen) atoms. The summed E-state index contributed by atoms with van der Waals surface area (Å²) >= 11 is 0.992. The molecule has 0 radical (unpaired) electrons. The van der Waals surface area contributed by atoms with Gasteiger partial charge < -0.3 is 10.4 Å². The lowest BCUT2D eigenvalue weighted by Crippen LogP contribution is -2.52. The van der Waals surface area contributed by atoms with Crippen LogP contribution >= 0.6 is 11.3 Å². The van der Waals surface area contributed by atoms with Crippen LogP contribution in [0.15, 0.2) is 34.5 Å². The summed E-state index contributed by atoms with van der Waals surface area (Å²) in [5, 5.41) is 12.9. The molecule has 0 saturated heterocycles. The number of anilines is 1. The van der Waals surface area contributed by atoms with Crippen molar-refractivity contribution in [3.63, 3.8) is 0 Å². The first-order valence-electron chi connectivity index (χ1n) is 7.43. The first-order valence-corrected chi connectivity index (χ1v) is 9.97. The number of halogens is 3. The molecule has 0 unspecified atom stereocenters. The molecule has 2 aromatic rings. The van der Waals surface area contributed by atoms with E-state index >= 15 is 0 Å². The summed E-state index contributed by atoms with van der Waals surface area (Å²) in [6.45, 7) is 0.264. The lowest BCUT2D eigenvalue weighted by Gasteiger charge is -2.25. The maximum absolute atomic E-state index is 12.9. The average Bonchev–Trinajstić information content (AvgIpc) is 2.97. The summed E-state index contributed by atoms with van der Waals surface area (Å²) in [6.07, 6.45) is -5.26. The fourth-order valence-corrected chi connectivity index (χ4v) is 5.11. The third-order valence-electron chi connectivity index (χ3n) is 4.13. The molecule has 1 aromatic carbocycles. The van der Waals surface area contributed by atoms with Gasteiger partial charge in [0.2, 0.25) is 11.4 Å². The van der Waals surface area contributed by atoms with Crippen LogP contribution in [0.2, 0.25) is 0 Å². The number of hydrogen-bond donors (Lipinski definition) is 2. The van der Waals surface area contributed by atoms with E-state index in [1.165, 1.54) is 17.5 Å². The normalized spacial score (nSPS) is 17.4. The molecule has 1 amide bonds. The number of rotatable bonds is 2. The number of ketones is 1. The SMILES string of the molecule is C.C[C@](O)(C(=O)Nc1cccc2c1C(=O)c1sccc1CS2(=O)=O)C(F)(F)F. The van der Waals surface area contributed by atoms with Crippen LogP contribution in [0.1, 0.15) is 35.1 Å². The van der Waals surface area contributed by atoms with Gasteiger partial charge in [-0.15, -0.1) is 11.3 Å². The summed E-state index contributed by atoms with van der Waals surface area (Å²) < 4.78 is 63.8. The van der Waals surface area contributed by atoms with Crippen molar-refractivity contribution in [2.24, 2.45) is 0 Å². The Bertz CT molecular complexity index is 1050. The van der Waals surface area contributed by atoms with Gasteiger partial charge in [0.05, 0.1) is 26.8 Å². The zero-order valence-corrected chi connectivity index (χ0v) is 15.3. The number of thiophene rings is 1. The van der Waals surface area contributed by atoms with Crippen LogP contribution in [0.4, 0.5) is 18.9 Å². The Hall–Kier alpha value is -2.24. The van der Waals surface area contributed by atoms with Crippen LogP contribution in [-0.2, 0) is 20.4 Å². The first-order chi connectivity index (χ1) is 12.4. The number of sulfone groups is 1. The fourth-order valence-electron chi connectivity index (χ4n) is 2.55. The first kappa shape index (κ1) is 22.1. The molecule has 0 spiro atoms. The van der Waals surface area contributed by atoms with Gasteiger partial charge in [0.15, 0.2) is 9.84 Å². The van der Waals surface area contributed by atoms with Gasteiger partial charge in [-0.1, -0.05) is 13.5 Å². The Kier molecular flexibility index (Phi) is 5.50. The largest absolute Gasteiger partial charge is 0.426 e. The number of benzene rings is 1. The summed E-state index contributed by atoms with van der Waals surface area (Å²) in [6, 6.07) is 4.93. The van der Waals surface area contributed by atoms with Gasteiger partial charge >= 0.3 is 6.18 Å². The Morgan fingerprint density at radius 3 is 2.50 bits per heavy atom. The second-order valence-electron chi connectivity index (χ2n) is 6.07. The van der Waals surface area contributed by atoms with E-state index in [9.17, 15) is 36.3 Å². The van der Waals surface area contributed by atoms with Gasteiger partial charge in [0.25, 0.3) is 5.91 Å². The molecule has 2 heterocycles. The van der Waals surface area contributed by atoms with Gasteiger partial charge in [0.1, 0.15) is 0 Å². The molecule has 0 fully saturated rings. The smallest absolute Gasteiger partial charge is 0.373 e. The van der Waals surface area contributed by atoms with E-state index in [1.54, 1.807) is 0 Å². The molecule has 1 aliphatic rings. The average molecular weight is 435 g/mol. The second-order valence-corrected chi connectivity index (χ2v) is 8.94. The minimum atomic E-state index is -5.26. The third kappa shape index (κ3) is 3.45. The number of carbonyl (C=O) groups is 2. The molecular formula is C17H16F3NO5S2. The number of aliphatic hydroxyl groups is 1. The van der Waals surface area contributed by atoms with Crippen LogP contribution in [-0.4, -0.2) is 37.0 Å². The van der Waals surface area contributed by atoms with E-state index in [0.29, 0.717) is 0 Å². The van der Waals surface area contributed by atoms with Gasteiger partial charge in [-0.3, -0.25) is 9.59 Å². The molecule has 1 aromatic heterocycles. The molecule has 0 bridgehead atoms. The van der Waals surface area contributed by atoms with Gasteiger partial charge in [-0.25, -0.2) is 8.42 Å². The van der Waals surface area contributed by atoms with E-state index < -0.39 is 50.3 Å². The Balaban J connectivity index is 0.00000280. The molecule has 0 aliphatic carbocycles. The highest BCUT2D eigenvalue weighted by molar-refractivity contribution is 7.90. The van der Waals surface area contributed by atoms with E-state index in [0.717, 1.165) is 23.5 Å². The van der Waals surface area contributed by atoms with E-state index in [1.807, 2.05) is 5.32 Å². The van der Waals surface area contributed by atoms with Gasteiger partial charge in [-0.05, 0) is 36.1 Å². The number of carbonyl (C=O) groups excluding carboxylic acids is 2. The van der Waals surface area contributed by atoms with Crippen molar-refractivity contribution < 1.29 is 36.3 Å². The van der Waals surface area contributed by atoms with Crippen LogP contribution in [0.25, 0.3) is 0 Å². The molecule has 152 valence electrons. The van der Waals surface area contributed by atoms with Crippen LogP contribution < -0.4 is 5.32 Å². The Labute approximate surface area is 162 Å². The van der Waals surface area contributed by atoms with Crippen molar-refractivity contribution in [3.05, 3.63) is 45.6 Å². The quantitative estimate of drug-likeness (QED) is 0.755. The Morgan fingerprint density at radius 1 is 1.25 bits per heavy atom. The summed E-state index contributed by atoms with van der Waals surface area (Å²) in [5.74, 6) is -3.00. The van der Waals surface area contributed by atoms with Crippen LogP contribution in [0.3, 0.4) is 0 Å². The molecule has 1 atom stereocenters. The zero-order chi connectivity index (χ0) is 20.2. The maximum atomic E-state index is 12.9. The number of alkyl halides is 3. The molecule has 11 heteroatoms. The predicted octanol–water partition coefficient (Wildman–Crippen LogP) is 3.15. The zero-order valence-electron chi connectivity index (χ0n) is 13.6. The summed E-state index contributed by atoms with van der Waals surface area (Å²) in [5.41, 5.74) is -4.29. The molecular weight excluding hydrogens is 419 g/mol. The highest BCUT2D eigenvalue weighted by Crippen LogP contribution is 2.37. The van der Waals surface area contributed by atoms with Crippen molar-refractivity contribution >= 4 is 38.6 Å². The summed E-state index contributed by atoms with van der Waals surface area (Å²) in [4.78, 5) is 24.6. The van der Waals surface area contributed by atoms with Crippen molar-refractivity contribution in [3.8, 4) is 0 Å². The summed E-state index contributed by atoms with van der Waals surface area (Å²) in [7, 11) is -3.97. The number of nitrogens with one attached hydrogen (secondary N) is 1. The molecule has 6 nitrogen and oxygen atoms in total. The molecule has 1 aliphatic heterocycles. The fraction of sp³-hybridized carbons (Fsp3) is 0.294. The van der Waals surface area contributed by atoms with E-state index in [-0.39, 0.29) is 29.7 Å². The second kappa shape index (κ2) is 6.98. The van der Waals surface area contributed by atoms with Gasteiger partial charge in [0, 0.05) is 0 Å². The lowest BCUT2D eigenvalue weighted by atomic mass is 10.0. The molecule has 2 N–H and O–H groups in total. The number of hydrogen-bond acceptors (Lipinski definition) is 6. The molecule has 0 saturated carbocycles. The maximum Gasteiger partial charge on any atom is 0.426 e. The topological polar surface area (TPSA) is 101 Å². The van der Waals surface area contributed by atoms with Crippen LogP contribution in [0.5, 0.6) is 0 Å². The van der Waals surface area contributed by atoms with Crippen LogP contribution in [0, 0.1) is 0 Å². The van der Waals surface area contributed by atoms with E-state index in [4.69, 9.17) is 0 Å². The van der Waals surface area contributed by atoms with Crippen molar-refractivity contribution in [1.82, 2.24) is 0 Å². The van der Waals surface area contributed by atoms with Crippen molar-refractivity contribution in [2.45, 2.75) is 36.8 Å². The monoisotopic (exact) mass is 435 g/mol. The standard InChI is InChI=1S/C16H12F3NO5S2.CH4/c1-15(23,16(17,18)19)14(22)20-9-3-2-4-10-11(9)12(21)13-8(5-6-26-13)7-27(10,24)25;/h2-6,23H,7H2,1H3,(H,20,22);1H4/t15-;/m0./s1. The van der Waals surface area contributed by atoms with Crippen molar-refractivity contribution in [2.75, 3.05) is 5.32 Å². The van der Waals surface area contributed by atoms with Gasteiger partial charge in [-0.2, -0.15) is 13.2 Å². The number of amides is 1. The minimum Gasteiger partial charge on any atom is -0.373 e. The highest BCUT2D eigenvalue weighted by atomic mass is 32.2. The number of fused-ring (bicyclic) bond motifs is 2.